The SMILES string of the molecule is Cc1ccn2cc(-c3ccccc3[N+](=O)[O-])nc2c1. The van der Waals surface area contributed by atoms with Crippen molar-refractivity contribution in [3.63, 3.8) is 0 Å². The molecule has 0 spiro atoms. The Labute approximate surface area is 109 Å². The highest BCUT2D eigenvalue weighted by Gasteiger charge is 2.16. The number of hydrogen-bond acceptors (Lipinski definition) is 3. The number of pyridine rings is 1. The van der Waals surface area contributed by atoms with E-state index < -0.39 is 0 Å². The van der Waals surface area contributed by atoms with Crippen molar-refractivity contribution >= 4 is 11.3 Å². The van der Waals surface area contributed by atoms with Crippen LogP contribution in [0.25, 0.3) is 16.9 Å². The number of aryl methyl sites for hydroxylation is 1. The summed E-state index contributed by atoms with van der Waals surface area (Å²) < 4.78 is 1.86. The lowest BCUT2D eigenvalue weighted by Crippen LogP contribution is -1.91. The molecule has 0 radical (unpaired) electrons. The number of nitro benzene ring substituents is 1. The van der Waals surface area contributed by atoms with E-state index in [1.165, 1.54) is 6.07 Å². The Kier molecular flexibility index (Phi) is 2.52. The van der Waals surface area contributed by atoms with Crippen LogP contribution in [0.4, 0.5) is 5.69 Å². The smallest absolute Gasteiger partial charge is 0.278 e. The van der Waals surface area contributed by atoms with Crippen LogP contribution in [0.2, 0.25) is 0 Å². The number of hydrogen-bond donors (Lipinski definition) is 0. The Morgan fingerprint density at radius 3 is 2.84 bits per heavy atom. The van der Waals surface area contributed by atoms with Crippen LogP contribution >= 0.6 is 0 Å². The normalized spacial score (nSPS) is 10.8. The molecular weight excluding hydrogens is 242 g/mol. The van der Waals surface area contributed by atoms with Gasteiger partial charge in [-0.3, -0.25) is 10.1 Å². The minimum Gasteiger partial charge on any atom is -0.306 e. The highest BCUT2D eigenvalue weighted by atomic mass is 16.6. The number of nitro groups is 1. The average Bonchev–Trinajstić information content (AvgIpc) is 2.81. The predicted octanol–water partition coefficient (Wildman–Crippen LogP) is 3.22. The van der Waals surface area contributed by atoms with Crippen molar-refractivity contribution in [1.82, 2.24) is 9.38 Å². The van der Waals surface area contributed by atoms with Crippen LogP contribution in [0.1, 0.15) is 5.56 Å². The first-order chi connectivity index (χ1) is 9.15. The molecule has 94 valence electrons. The first kappa shape index (κ1) is 11.4. The molecule has 0 fully saturated rings. The molecule has 1 aromatic carbocycles. The van der Waals surface area contributed by atoms with Crippen molar-refractivity contribution in [2.24, 2.45) is 0 Å². The van der Waals surface area contributed by atoms with E-state index in [-0.39, 0.29) is 10.6 Å². The maximum Gasteiger partial charge on any atom is 0.278 e. The molecular formula is C14H11N3O2. The number of para-hydroxylation sites is 1. The summed E-state index contributed by atoms with van der Waals surface area (Å²) in [6, 6.07) is 10.5. The second-order valence-electron chi connectivity index (χ2n) is 4.37. The summed E-state index contributed by atoms with van der Waals surface area (Å²) in [7, 11) is 0. The average molecular weight is 253 g/mol. The third kappa shape index (κ3) is 1.95. The van der Waals surface area contributed by atoms with Crippen LogP contribution in [0, 0.1) is 17.0 Å². The van der Waals surface area contributed by atoms with Crippen LogP contribution < -0.4 is 0 Å². The predicted molar refractivity (Wildman–Crippen MR) is 72.0 cm³/mol. The first-order valence-corrected chi connectivity index (χ1v) is 5.84. The van der Waals surface area contributed by atoms with Gasteiger partial charge < -0.3 is 4.40 Å². The number of imidazole rings is 1. The fraction of sp³-hybridized carbons (Fsp3) is 0.0714. The fourth-order valence-electron chi connectivity index (χ4n) is 2.06. The van der Waals surface area contributed by atoms with Gasteiger partial charge in [0.2, 0.25) is 0 Å². The van der Waals surface area contributed by atoms with Gasteiger partial charge in [-0.2, -0.15) is 0 Å². The monoisotopic (exact) mass is 253 g/mol. The minimum absolute atomic E-state index is 0.0719. The second-order valence-corrected chi connectivity index (χ2v) is 4.37. The topological polar surface area (TPSA) is 60.4 Å². The Bertz CT molecular complexity index is 777. The third-order valence-electron chi connectivity index (χ3n) is 2.99. The zero-order valence-electron chi connectivity index (χ0n) is 10.3. The van der Waals surface area contributed by atoms with E-state index in [4.69, 9.17) is 0 Å². The zero-order chi connectivity index (χ0) is 13.4. The van der Waals surface area contributed by atoms with Crippen molar-refractivity contribution in [1.29, 1.82) is 0 Å². The molecule has 0 unspecified atom stereocenters. The van der Waals surface area contributed by atoms with Gasteiger partial charge >= 0.3 is 0 Å². The number of fused-ring (bicyclic) bond motifs is 1. The van der Waals surface area contributed by atoms with E-state index in [0.29, 0.717) is 11.3 Å². The summed E-state index contributed by atoms with van der Waals surface area (Å²) in [5.74, 6) is 0. The van der Waals surface area contributed by atoms with Gasteiger partial charge in [0.25, 0.3) is 5.69 Å². The lowest BCUT2D eigenvalue weighted by atomic mass is 10.1. The van der Waals surface area contributed by atoms with Crippen LogP contribution in [-0.4, -0.2) is 14.3 Å². The summed E-state index contributed by atoms with van der Waals surface area (Å²) in [4.78, 5) is 15.1. The van der Waals surface area contributed by atoms with Crippen LogP contribution in [-0.2, 0) is 0 Å². The number of nitrogens with zero attached hydrogens (tertiary/aromatic N) is 3. The van der Waals surface area contributed by atoms with Crippen LogP contribution in [0.15, 0.2) is 48.8 Å². The summed E-state index contributed by atoms with van der Waals surface area (Å²) in [5, 5.41) is 11.0. The van der Waals surface area contributed by atoms with Gasteiger partial charge in [-0.05, 0) is 30.7 Å². The molecule has 0 saturated heterocycles. The Hall–Kier alpha value is -2.69. The molecule has 3 aromatic rings. The molecule has 2 aromatic heterocycles. The van der Waals surface area contributed by atoms with Crippen molar-refractivity contribution < 1.29 is 4.92 Å². The Morgan fingerprint density at radius 1 is 1.26 bits per heavy atom. The van der Waals surface area contributed by atoms with Crippen molar-refractivity contribution in [3.8, 4) is 11.3 Å². The summed E-state index contributed by atoms with van der Waals surface area (Å²) in [6.45, 7) is 1.99. The van der Waals surface area contributed by atoms with Gasteiger partial charge in [0.15, 0.2) is 0 Å². The standard InChI is InChI=1S/C14H11N3O2/c1-10-6-7-16-9-12(15-14(16)8-10)11-4-2-3-5-13(11)17(18)19/h2-9H,1H3. The first-order valence-electron chi connectivity index (χ1n) is 5.84. The van der Waals surface area contributed by atoms with Gasteiger partial charge in [-0.25, -0.2) is 4.98 Å². The highest BCUT2D eigenvalue weighted by Crippen LogP contribution is 2.28. The highest BCUT2D eigenvalue weighted by molar-refractivity contribution is 5.72. The van der Waals surface area contributed by atoms with Gasteiger partial charge in [0, 0.05) is 18.5 Å². The van der Waals surface area contributed by atoms with E-state index in [9.17, 15) is 10.1 Å². The lowest BCUT2D eigenvalue weighted by Gasteiger charge is -1.97. The van der Waals surface area contributed by atoms with Crippen molar-refractivity contribution in [3.05, 3.63) is 64.5 Å². The van der Waals surface area contributed by atoms with Gasteiger partial charge in [0.1, 0.15) is 5.65 Å². The minimum atomic E-state index is -0.384. The molecule has 0 saturated carbocycles. The third-order valence-corrected chi connectivity index (χ3v) is 2.99. The quantitative estimate of drug-likeness (QED) is 0.520. The van der Waals surface area contributed by atoms with Crippen molar-refractivity contribution in [2.75, 3.05) is 0 Å². The number of benzene rings is 1. The molecule has 0 aliphatic carbocycles. The molecule has 0 bridgehead atoms. The molecule has 0 N–H and O–H groups in total. The van der Waals surface area contributed by atoms with Crippen LogP contribution in [0.3, 0.4) is 0 Å². The maximum atomic E-state index is 11.0. The lowest BCUT2D eigenvalue weighted by molar-refractivity contribution is -0.384. The molecule has 3 rings (SSSR count). The summed E-state index contributed by atoms with van der Waals surface area (Å²) >= 11 is 0. The molecule has 5 nitrogen and oxygen atoms in total. The van der Waals surface area contributed by atoms with Crippen LogP contribution in [0.5, 0.6) is 0 Å². The van der Waals surface area contributed by atoms with E-state index in [1.807, 2.05) is 29.7 Å². The Morgan fingerprint density at radius 2 is 2.05 bits per heavy atom. The second kappa shape index (κ2) is 4.20. The van der Waals surface area contributed by atoms with Gasteiger partial charge in [0.05, 0.1) is 16.2 Å². The summed E-state index contributed by atoms with van der Waals surface area (Å²) in [5.41, 5.74) is 3.11. The molecule has 0 amide bonds. The molecule has 19 heavy (non-hydrogen) atoms. The fourth-order valence-corrected chi connectivity index (χ4v) is 2.06. The zero-order valence-corrected chi connectivity index (χ0v) is 10.3. The van der Waals surface area contributed by atoms with Gasteiger partial charge in [-0.1, -0.05) is 12.1 Å². The van der Waals surface area contributed by atoms with Crippen molar-refractivity contribution in [2.45, 2.75) is 6.92 Å². The molecule has 5 heteroatoms. The van der Waals surface area contributed by atoms with E-state index in [0.717, 1.165) is 11.2 Å². The molecule has 0 aliphatic heterocycles. The summed E-state index contributed by atoms with van der Waals surface area (Å²) in [6.07, 6.45) is 3.70. The van der Waals surface area contributed by atoms with Gasteiger partial charge in [-0.15, -0.1) is 0 Å². The Balaban J connectivity index is 2.22. The maximum absolute atomic E-state index is 11.0. The molecule has 0 aliphatic rings. The van der Waals surface area contributed by atoms with E-state index in [1.54, 1.807) is 24.4 Å². The number of aromatic nitrogens is 2. The van der Waals surface area contributed by atoms with E-state index >= 15 is 0 Å². The molecule has 2 heterocycles. The molecule has 0 atom stereocenters. The largest absolute Gasteiger partial charge is 0.306 e. The number of rotatable bonds is 2. The van der Waals surface area contributed by atoms with E-state index in [2.05, 4.69) is 4.98 Å².